The minimum atomic E-state index is -0.640. The number of aliphatic hydroxyl groups is 1. The van der Waals surface area contributed by atoms with Crippen molar-refractivity contribution in [1.82, 2.24) is 5.32 Å². The lowest BCUT2D eigenvalue weighted by Gasteiger charge is -2.30. The Bertz CT molecular complexity index is 803. The van der Waals surface area contributed by atoms with Crippen molar-refractivity contribution in [2.24, 2.45) is 5.92 Å². The SMILES string of the molecule is CC(C)(CC1Cc2ccccc2C1)NCC(O)COc1ccc(Br)c(Cl)c1Cl. The lowest BCUT2D eigenvalue weighted by molar-refractivity contribution is 0.0966. The number of nitrogens with one attached hydrogen (secondary N) is 1. The number of rotatable bonds is 8. The van der Waals surface area contributed by atoms with Gasteiger partial charge in [0.2, 0.25) is 0 Å². The lowest BCUT2D eigenvalue weighted by Crippen LogP contribution is -2.46. The smallest absolute Gasteiger partial charge is 0.139 e. The van der Waals surface area contributed by atoms with Gasteiger partial charge in [0.25, 0.3) is 0 Å². The predicted molar refractivity (Wildman–Crippen MR) is 120 cm³/mol. The average Bonchev–Trinajstić information content (AvgIpc) is 3.05. The Hall–Kier alpha value is -0.780. The summed E-state index contributed by atoms with van der Waals surface area (Å²) in [5, 5.41) is 14.6. The van der Waals surface area contributed by atoms with Crippen LogP contribution in [0.15, 0.2) is 40.9 Å². The largest absolute Gasteiger partial charge is 0.489 e. The molecular formula is C22H26BrCl2NO2. The van der Waals surface area contributed by atoms with Crippen LogP contribution in [-0.4, -0.2) is 29.9 Å². The molecule has 0 aromatic heterocycles. The number of fused-ring (bicyclic) bond motifs is 1. The topological polar surface area (TPSA) is 41.5 Å². The fourth-order valence-electron chi connectivity index (χ4n) is 3.85. The highest BCUT2D eigenvalue weighted by Crippen LogP contribution is 2.37. The van der Waals surface area contributed by atoms with Gasteiger partial charge in [0.1, 0.15) is 23.5 Å². The van der Waals surface area contributed by atoms with E-state index >= 15 is 0 Å². The van der Waals surface area contributed by atoms with Crippen LogP contribution in [0.3, 0.4) is 0 Å². The molecule has 0 aliphatic heterocycles. The number of hydrogen-bond donors (Lipinski definition) is 2. The maximum Gasteiger partial charge on any atom is 0.139 e. The number of halogens is 3. The van der Waals surface area contributed by atoms with Crippen LogP contribution >= 0.6 is 39.1 Å². The Kier molecular flexibility index (Phi) is 7.32. The molecule has 28 heavy (non-hydrogen) atoms. The zero-order valence-electron chi connectivity index (χ0n) is 16.1. The summed E-state index contributed by atoms with van der Waals surface area (Å²) in [6.07, 6.45) is 2.69. The summed E-state index contributed by atoms with van der Waals surface area (Å²) in [6.45, 7) is 4.98. The zero-order valence-corrected chi connectivity index (χ0v) is 19.2. The molecule has 0 radical (unpaired) electrons. The van der Waals surface area contributed by atoms with Crippen molar-refractivity contribution in [3.63, 3.8) is 0 Å². The van der Waals surface area contributed by atoms with E-state index in [2.05, 4.69) is 59.4 Å². The second kappa shape index (κ2) is 9.36. The van der Waals surface area contributed by atoms with Gasteiger partial charge in [-0.3, -0.25) is 0 Å². The van der Waals surface area contributed by atoms with Gasteiger partial charge in [-0.25, -0.2) is 0 Å². The van der Waals surface area contributed by atoms with E-state index in [0.717, 1.165) is 19.3 Å². The Morgan fingerprint density at radius 2 is 1.79 bits per heavy atom. The molecule has 2 aromatic carbocycles. The first kappa shape index (κ1) is 21.9. The minimum absolute atomic E-state index is 0.0632. The number of benzene rings is 2. The second-order valence-electron chi connectivity index (χ2n) is 8.15. The van der Waals surface area contributed by atoms with Gasteiger partial charge >= 0.3 is 0 Å². The van der Waals surface area contributed by atoms with Crippen molar-refractivity contribution >= 4 is 39.1 Å². The van der Waals surface area contributed by atoms with E-state index < -0.39 is 6.10 Å². The number of ether oxygens (including phenoxy) is 1. The van der Waals surface area contributed by atoms with Gasteiger partial charge < -0.3 is 15.2 Å². The Morgan fingerprint density at radius 1 is 1.14 bits per heavy atom. The van der Waals surface area contributed by atoms with Crippen molar-refractivity contribution in [3.05, 3.63) is 62.0 Å². The van der Waals surface area contributed by atoms with Crippen molar-refractivity contribution in [1.29, 1.82) is 0 Å². The van der Waals surface area contributed by atoms with E-state index in [0.29, 0.717) is 32.7 Å². The lowest BCUT2D eigenvalue weighted by atomic mass is 9.88. The van der Waals surface area contributed by atoms with Crippen LogP contribution in [0.25, 0.3) is 0 Å². The maximum absolute atomic E-state index is 10.3. The van der Waals surface area contributed by atoms with Crippen LogP contribution in [0, 0.1) is 5.92 Å². The zero-order chi connectivity index (χ0) is 20.3. The molecule has 3 rings (SSSR count). The van der Waals surface area contributed by atoms with Crippen molar-refractivity contribution in [3.8, 4) is 5.75 Å². The van der Waals surface area contributed by atoms with E-state index in [1.54, 1.807) is 12.1 Å². The Labute approximate surface area is 185 Å². The third-order valence-corrected chi connectivity index (χ3v) is 6.94. The predicted octanol–water partition coefficient (Wildman–Crippen LogP) is 5.67. The van der Waals surface area contributed by atoms with Crippen LogP contribution in [-0.2, 0) is 12.8 Å². The highest BCUT2D eigenvalue weighted by Gasteiger charge is 2.28. The fourth-order valence-corrected chi connectivity index (χ4v) is 4.67. The summed E-state index contributed by atoms with van der Waals surface area (Å²) in [5.41, 5.74) is 2.88. The molecule has 1 atom stereocenters. The van der Waals surface area contributed by atoms with E-state index in [1.165, 1.54) is 11.1 Å². The first-order valence-corrected chi connectivity index (χ1v) is 11.1. The fraction of sp³-hybridized carbons (Fsp3) is 0.455. The molecule has 0 saturated heterocycles. The minimum Gasteiger partial charge on any atom is -0.489 e. The molecule has 0 saturated carbocycles. The van der Waals surface area contributed by atoms with Crippen LogP contribution < -0.4 is 10.1 Å². The molecule has 152 valence electrons. The third kappa shape index (κ3) is 5.64. The van der Waals surface area contributed by atoms with Crippen molar-refractivity contribution in [2.75, 3.05) is 13.2 Å². The number of aliphatic hydroxyl groups excluding tert-OH is 1. The molecule has 1 aliphatic carbocycles. The summed E-state index contributed by atoms with van der Waals surface area (Å²) < 4.78 is 6.36. The molecule has 6 heteroatoms. The van der Waals surface area contributed by atoms with Crippen molar-refractivity contribution < 1.29 is 9.84 Å². The van der Waals surface area contributed by atoms with E-state index in [1.807, 2.05) is 0 Å². The standard InChI is InChI=1S/C22H26BrCl2NO2/c1-22(2,11-14-9-15-5-3-4-6-16(15)10-14)26-12-17(27)13-28-19-8-7-18(23)20(24)21(19)25/h3-8,14,17,26-27H,9-13H2,1-2H3. The van der Waals surface area contributed by atoms with Gasteiger partial charge in [0.05, 0.1) is 5.02 Å². The van der Waals surface area contributed by atoms with E-state index in [4.69, 9.17) is 27.9 Å². The summed E-state index contributed by atoms with van der Waals surface area (Å²) in [7, 11) is 0. The van der Waals surface area contributed by atoms with Crippen LogP contribution in [0.5, 0.6) is 5.75 Å². The third-order valence-electron chi connectivity index (χ3n) is 5.18. The number of hydrogen-bond acceptors (Lipinski definition) is 3. The highest BCUT2D eigenvalue weighted by molar-refractivity contribution is 9.10. The van der Waals surface area contributed by atoms with Crippen LogP contribution in [0.1, 0.15) is 31.4 Å². The molecule has 0 fully saturated rings. The summed E-state index contributed by atoms with van der Waals surface area (Å²) >= 11 is 15.6. The average molecular weight is 487 g/mol. The van der Waals surface area contributed by atoms with Gasteiger partial charge in [-0.1, -0.05) is 47.5 Å². The molecule has 1 aliphatic rings. The molecule has 3 nitrogen and oxygen atoms in total. The van der Waals surface area contributed by atoms with Crippen molar-refractivity contribution in [2.45, 2.75) is 44.8 Å². The molecule has 1 unspecified atom stereocenters. The molecule has 2 N–H and O–H groups in total. The Balaban J connectivity index is 1.45. The van der Waals surface area contributed by atoms with Gasteiger partial charge in [-0.05, 0) is 78.2 Å². The first-order chi connectivity index (χ1) is 13.2. The quantitative estimate of drug-likeness (QED) is 0.472. The van der Waals surface area contributed by atoms with Crippen LogP contribution in [0.4, 0.5) is 0 Å². The molecular weight excluding hydrogens is 461 g/mol. The molecule has 2 aromatic rings. The second-order valence-corrected chi connectivity index (χ2v) is 9.76. The molecule has 0 spiro atoms. The highest BCUT2D eigenvalue weighted by atomic mass is 79.9. The van der Waals surface area contributed by atoms with Gasteiger partial charge in [-0.2, -0.15) is 0 Å². The summed E-state index contributed by atoms with van der Waals surface area (Å²) in [5.74, 6) is 1.11. The van der Waals surface area contributed by atoms with Gasteiger partial charge in [0.15, 0.2) is 0 Å². The normalized spacial score (nSPS) is 15.5. The van der Waals surface area contributed by atoms with Crippen LogP contribution in [0.2, 0.25) is 10.0 Å². The van der Waals surface area contributed by atoms with Gasteiger partial charge in [-0.15, -0.1) is 0 Å². The molecule has 0 amide bonds. The summed E-state index contributed by atoms with van der Waals surface area (Å²) in [4.78, 5) is 0. The molecule has 0 bridgehead atoms. The summed E-state index contributed by atoms with van der Waals surface area (Å²) in [6, 6.07) is 12.2. The number of β-amino-alcohol motifs (C(OH)–C–C–N with tert-alkyl or cyclic N) is 1. The first-order valence-electron chi connectivity index (χ1n) is 9.51. The maximum atomic E-state index is 10.3. The monoisotopic (exact) mass is 485 g/mol. The van der Waals surface area contributed by atoms with E-state index in [-0.39, 0.29) is 12.1 Å². The van der Waals surface area contributed by atoms with Gasteiger partial charge in [0, 0.05) is 16.6 Å². The van der Waals surface area contributed by atoms with E-state index in [9.17, 15) is 5.11 Å². The molecule has 0 heterocycles. The Morgan fingerprint density at radius 3 is 2.43 bits per heavy atom.